The second-order valence-electron chi connectivity index (χ2n) is 1.97. The minimum atomic E-state index is -0.581. The molecule has 0 unspecified atom stereocenters. The summed E-state index contributed by atoms with van der Waals surface area (Å²) in [7, 11) is 0. The molecule has 0 heterocycles. The van der Waals surface area contributed by atoms with Gasteiger partial charge in [-0.05, 0) is 18.6 Å². The predicted octanol–water partition coefficient (Wildman–Crippen LogP) is 2.33. The van der Waals surface area contributed by atoms with E-state index >= 15 is 0 Å². The summed E-state index contributed by atoms with van der Waals surface area (Å²) in [5.41, 5.74) is 0.113. The Bertz CT molecular complexity index is 210. The molecule has 1 rings (SSSR count). The largest absolute Gasteiger partial charge is 0.207 e. The van der Waals surface area contributed by atoms with E-state index in [-0.39, 0.29) is 5.56 Å². The molecule has 0 atom stereocenters. The van der Waals surface area contributed by atoms with Crippen LogP contribution >= 0.6 is 0 Å². The molecule has 1 aromatic carbocycles. The molecule has 0 spiro atoms. The third kappa shape index (κ3) is 1.15. The highest BCUT2D eigenvalue weighted by Gasteiger charge is 2.04. The summed E-state index contributed by atoms with van der Waals surface area (Å²) < 4.78 is 25.1. The Balaban J connectivity index is 3.17. The standard InChI is InChI=1S/C8H7F2/c1-2-6-7(9)4-3-5-8(6)10/h3-4H,2H2,1H3. The van der Waals surface area contributed by atoms with Gasteiger partial charge in [0.05, 0.1) is 0 Å². The van der Waals surface area contributed by atoms with Crippen LogP contribution < -0.4 is 0 Å². The fourth-order valence-corrected chi connectivity index (χ4v) is 0.805. The molecule has 1 radical (unpaired) electrons. The Hall–Kier alpha value is -0.920. The van der Waals surface area contributed by atoms with Crippen molar-refractivity contribution in [3.05, 3.63) is 35.4 Å². The summed E-state index contributed by atoms with van der Waals surface area (Å²) in [6, 6.07) is 4.74. The fourth-order valence-electron chi connectivity index (χ4n) is 0.805. The first-order valence-corrected chi connectivity index (χ1v) is 3.10. The predicted molar refractivity (Wildman–Crippen MR) is 34.6 cm³/mol. The van der Waals surface area contributed by atoms with Crippen molar-refractivity contribution in [3.8, 4) is 0 Å². The summed E-state index contributed by atoms with van der Waals surface area (Å²) in [5.74, 6) is -1.07. The Kier molecular flexibility index (Phi) is 2.00. The molecule has 1 aromatic rings. The fraction of sp³-hybridized carbons (Fsp3) is 0.250. The highest BCUT2D eigenvalue weighted by Crippen LogP contribution is 2.10. The van der Waals surface area contributed by atoms with Crippen molar-refractivity contribution in [2.24, 2.45) is 0 Å². The molecule has 0 bridgehead atoms. The molecular formula is C8H7F2. The molecule has 0 aliphatic heterocycles. The van der Waals surface area contributed by atoms with Gasteiger partial charge in [0, 0.05) is 11.6 Å². The number of hydrogen-bond donors (Lipinski definition) is 0. The van der Waals surface area contributed by atoms with E-state index in [1.54, 1.807) is 6.92 Å². The van der Waals surface area contributed by atoms with Crippen molar-refractivity contribution in [3.63, 3.8) is 0 Å². The van der Waals surface area contributed by atoms with Crippen LogP contribution in [0.15, 0.2) is 12.1 Å². The van der Waals surface area contributed by atoms with Crippen LogP contribution in [0.4, 0.5) is 8.78 Å². The lowest BCUT2D eigenvalue weighted by atomic mass is 10.1. The first-order chi connectivity index (χ1) is 4.75. The van der Waals surface area contributed by atoms with Crippen LogP contribution in [0, 0.1) is 17.7 Å². The first kappa shape index (κ1) is 7.19. The van der Waals surface area contributed by atoms with Gasteiger partial charge in [0.15, 0.2) is 0 Å². The highest BCUT2D eigenvalue weighted by molar-refractivity contribution is 5.18. The van der Waals surface area contributed by atoms with Gasteiger partial charge in [-0.15, -0.1) is 0 Å². The summed E-state index contributed by atoms with van der Waals surface area (Å²) >= 11 is 0. The van der Waals surface area contributed by atoms with Crippen molar-refractivity contribution >= 4 is 0 Å². The molecule has 0 amide bonds. The minimum Gasteiger partial charge on any atom is -0.207 e. The van der Waals surface area contributed by atoms with E-state index in [1.807, 2.05) is 0 Å². The van der Waals surface area contributed by atoms with Gasteiger partial charge in [0.2, 0.25) is 0 Å². The van der Waals surface area contributed by atoms with Crippen molar-refractivity contribution in [1.29, 1.82) is 0 Å². The van der Waals surface area contributed by atoms with Gasteiger partial charge in [-0.1, -0.05) is 6.92 Å². The zero-order chi connectivity index (χ0) is 7.56. The zero-order valence-corrected chi connectivity index (χ0v) is 5.62. The third-order valence-electron chi connectivity index (χ3n) is 1.35. The summed E-state index contributed by atoms with van der Waals surface area (Å²) in [5, 5.41) is 0. The summed E-state index contributed by atoms with van der Waals surface area (Å²) in [4.78, 5) is 0. The van der Waals surface area contributed by atoms with Crippen molar-refractivity contribution in [1.82, 2.24) is 0 Å². The van der Waals surface area contributed by atoms with E-state index in [0.29, 0.717) is 6.42 Å². The topological polar surface area (TPSA) is 0 Å². The van der Waals surface area contributed by atoms with Crippen LogP contribution in [0.2, 0.25) is 0 Å². The smallest absolute Gasteiger partial charge is 0.137 e. The van der Waals surface area contributed by atoms with Gasteiger partial charge in [-0.3, -0.25) is 0 Å². The Morgan fingerprint density at radius 1 is 1.50 bits per heavy atom. The Morgan fingerprint density at radius 2 is 2.20 bits per heavy atom. The van der Waals surface area contributed by atoms with Gasteiger partial charge in [-0.2, -0.15) is 0 Å². The Labute approximate surface area is 58.5 Å². The summed E-state index contributed by atoms with van der Waals surface area (Å²) in [6.45, 7) is 1.70. The SMILES string of the molecule is CCc1c(F)[c]ccc1F. The third-order valence-corrected chi connectivity index (χ3v) is 1.35. The average molecular weight is 141 g/mol. The van der Waals surface area contributed by atoms with E-state index in [1.165, 1.54) is 12.1 Å². The summed E-state index contributed by atoms with van der Waals surface area (Å²) in [6.07, 6.45) is 0.370. The molecular weight excluding hydrogens is 134 g/mol. The highest BCUT2D eigenvalue weighted by atomic mass is 19.1. The van der Waals surface area contributed by atoms with Gasteiger partial charge in [-0.25, -0.2) is 8.78 Å². The maximum absolute atomic E-state index is 12.6. The van der Waals surface area contributed by atoms with Gasteiger partial charge < -0.3 is 0 Å². The molecule has 0 aromatic heterocycles. The molecule has 0 nitrogen and oxygen atoms in total. The van der Waals surface area contributed by atoms with E-state index < -0.39 is 11.6 Å². The number of rotatable bonds is 1. The van der Waals surface area contributed by atoms with Crippen molar-refractivity contribution in [2.45, 2.75) is 13.3 Å². The maximum atomic E-state index is 12.6. The molecule has 53 valence electrons. The lowest BCUT2D eigenvalue weighted by Crippen LogP contribution is -1.91. The van der Waals surface area contributed by atoms with Crippen molar-refractivity contribution < 1.29 is 8.78 Å². The number of halogens is 2. The molecule has 0 saturated carbocycles. The van der Waals surface area contributed by atoms with E-state index in [9.17, 15) is 8.78 Å². The van der Waals surface area contributed by atoms with Gasteiger partial charge >= 0.3 is 0 Å². The second-order valence-corrected chi connectivity index (χ2v) is 1.97. The minimum absolute atomic E-state index is 0.113. The maximum Gasteiger partial charge on any atom is 0.137 e. The zero-order valence-electron chi connectivity index (χ0n) is 5.62. The average Bonchev–Trinajstić information content (AvgIpc) is 1.88. The molecule has 0 aliphatic carbocycles. The first-order valence-electron chi connectivity index (χ1n) is 3.10. The molecule has 0 aliphatic rings. The van der Waals surface area contributed by atoms with E-state index in [0.717, 1.165) is 0 Å². The normalized spacial score (nSPS) is 9.90. The lowest BCUT2D eigenvalue weighted by molar-refractivity contribution is 0.557. The van der Waals surface area contributed by atoms with Crippen LogP contribution in [-0.4, -0.2) is 0 Å². The van der Waals surface area contributed by atoms with Crippen LogP contribution in [0.25, 0.3) is 0 Å². The van der Waals surface area contributed by atoms with E-state index in [4.69, 9.17) is 0 Å². The van der Waals surface area contributed by atoms with Crippen LogP contribution in [0.3, 0.4) is 0 Å². The van der Waals surface area contributed by atoms with Gasteiger partial charge in [0.1, 0.15) is 11.6 Å². The van der Waals surface area contributed by atoms with Crippen LogP contribution in [0.5, 0.6) is 0 Å². The Morgan fingerprint density at radius 3 is 2.60 bits per heavy atom. The number of hydrogen-bond acceptors (Lipinski definition) is 0. The second kappa shape index (κ2) is 2.78. The monoisotopic (exact) mass is 141 g/mol. The van der Waals surface area contributed by atoms with E-state index in [2.05, 4.69) is 6.07 Å². The quantitative estimate of drug-likeness (QED) is 0.563. The van der Waals surface area contributed by atoms with Crippen LogP contribution in [0.1, 0.15) is 12.5 Å². The van der Waals surface area contributed by atoms with Gasteiger partial charge in [0.25, 0.3) is 0 Å². The molecule has 0 N–H and O–H groups in total. The van der Waals surface area contributed by atoms with Crippen molar-refractivity contribution in [2.75, 3.05) is 0 Å². The molecule has 2 heteroatoms. The van der Waals surface area contributed by atoms with Crippen LogP contribution in [-0.2, 0) is 6.42 Å². The molecule has 10 heavy (non-hydrogen) atoms. The number of benzene rings is 1. The molecule has 0 saturated heterocycles. The lowest BCUT2D eigenvalue weighted by Gasteiger charge is -1.98. The molecule has 0 fully saturated rings.